The molecule has 0 spiro atoms. The summed E-state index contributed by atoms with van der Waals surface area (Å²) in [6.07, 6.45) is 2.58. The second-order valence-corrected chi connectivity index (χ2v) is 7.61. The van der Waals surface area contributed by atoms with Crippen molar-refractivity contribution in [3.05, 3.63) is 95.8 Å². The first-order valence-electron chi connectivity index (χ1n) is 10.9. The molecule has 3 aromatic carbocycles. The van der Waals surface area contributed by atoms with E-state index >= 15 is 0 Å². The van der Waals surface area contributed by atoms with E-state index in [-0.39, 0.29) is 5.91 Å². The number of aromatic amines is 1. The van der Waals surface area contributed by atoms with Crippen molar-refractivity contribution < 1.29 is 14.3 Å². The second kappa shape index (κ2) is 11.1. The van der Waals surface area contributed by atoms with Crippen LogP contribution in [0.5, 0.6) is 5.75 Å². The number of carbonyl (C=O) groups is 1. The standard InChI is InChI=1S/C27H27N3O3/c1-32-17-7-16-28-27(31)23(26-29-24-10-5-6-11-25(24)30-26)18-20-12-14-22(15-13-20)33-19-21-8-3-2-4-9-21/h2-6,8-15,18H,7,16-17,19H2,1H3,(H,28,31)(H,29,30). The third-order valence-corrected chi connectivity index (χ3v) is 5.14. The van der Waals surface area contributed by atoms with Crippen LogP contribution in [0.25, 0.3) is 22.7 Å². The van der Waals surface area contributed by atoms with Crippen molar-refractivity contribution in [1.29, 1.82) is 0 Å². The zero-order valence-electron chi connectivity index (χ0n) is 18.6. The summed E-state index contributed by atoms with van der Waals surface area (Å²) in [5, 5.41) is 2.96. The number of methoxy groups -OCH3 is 1. The van der Waals surface area contributed by atoms with E-state index in [0.717, 1.165) is 34.3 Å². The van der Waals surface area contributed by atoms with E-state index in [0.29, 0.717) is 31.2 Å². The van der Waals surface area contributed by atoms with Gasteiger partial charge in [-0.25, -0.2) is 4.98 Å². The molecule has 0 aliphatic carbocycles. The lowest BCUT2D eigenvalue weighted by Crippen LogP contribution is -2.26. The number of nitrogens with zero attached hydrogens (tertiary/aromatic N) is 1. The first-order valence-corrected chi connectivity index (χ1v) is 10.9. The molecule has 0 radical (unpaired) electrons. The molecular formula is C27H27N3O3. The Morgan fingerprint density at radius 3 is 2.52 bits per heavy atom. The molecule has 0 saturated carbocycles. The summed E-state index contributed by atoms with van der Waals surface area (Å²) < 4.78 is 10.9. The largest absolute Gasteiger partial charge is 0.489 e. The van der Waals surface area contributed by atoms with Gasteiger partial charge in [-0.1, -0.05) is 54.6 Å². The lowest BCUT2D eigenvalue weighted by Gasteiger charge is -2.09. The Morgan fingerprint density at radius 2 is 1.76 bits per heavy atom. The topological polar surface area (TPSA) is 76.2 Å². The Labute approximate surface area is 193 Å². The maximum Gasteiger partial charge on any atom is 0.255 e. The number of nitrogens with one attached hydrogen (secondary N) is 2. The van der Waals surface area contributed by atoms with Gasteiger partial charge in [-0.15, -0.1) is 0 Å². The Hall–Kier alpha value is -3.90. The van der Waals surface area contributed by atoms with E-state index in [2.05, 4.69) is 15.3 Å². The molecule has 33 heavy (non-hydrogen) atoms. The third-order valence-electron chi connectivity index (χ3n) is 5.14. The van der Waals surface area contributed by atoms with E-state index in [9.17, 15) is 4.79 Å². The summed E-state index contributed by atoms with van der Waals surface area (Å²) >= 11 is 0. The molecule has 2 N–H and O–H groups in total. The average Bonchev–Trinajstić information content (AvgIpc) is 3.29. The molecule has 4 rings (SSSR count). The number of amides is 1. The number of hydrogen-bond donors (Lipinski definition) is 2. The van der Waals surface area contributed by atoms with Gasteiger partial charge in [-0.05, 0) is 47.9 Å². The van der Waals surface area contributed by atoms with E-state index in [1.54, 1.807) is 7.11 Å². The van der Waals surface area contributed by atoms with Crippen molar-refractivity contribution in [1.82, 2.24) is 15.3 Å². The third kappa shape index (κ3) is 6.08. The van der Waals surface area contributed by atoms with Gasteiger partial charge in [0, 0.05) is 20.3 Å². The van der Waals surface area contributed by atoms with E-state index in [1.807, 2.05) is 84.9 Å². The number of carbonyl (C=O) groups excluding carboxylic acids is 1. The predicted octanol–water partition coefficient (Wildman–Crippen LogP) is 4.84. The first kappa shape index (κ1) is 22.3. The van der Waals surface area contributed by atoms with Crippen LogP contribution in [0.15, 0.2) is 78.9 Å². The molecule has 0 aliphatic rings. The molecule has 0 aliphatic heterocycles. The Morgan fingerprint density at radius 1 is 1.00 bits per heavy atom. The van der Waals surface area contributed by atoms with Crippen molar-refractivity contribution in [3.63, 3.8) is 0 Å². The molecule has 0 atom stereocenters. The maximum absolute atomic E-state index is 13.0. The SMILES string of the molecule is COCCCNC(=O)C(=Cc1ccc(OCc2ccccc2)cc1)c1nc2ccccc2[nH]1. The highest BCUT2D eigenvalue weighted by Gasteiger charge is 2.16. The average molecular weight is 442 g/mol. The number of ether oxygens (including phenoxy) is 2. The van der Waals surface area contributed by atoms with Crippen molar-refractivity contribution in [3.8, 4) is 5.75 Å². The van der Waals surface area contributed by atoms with Gasteiger partial charge in [0.2, 0.25) is 0 Å². The van der Waals surface area contributed by atoms with Crippen LogP contribution in [-0.2, 0) is 16.1 Å². The molecule has 6 heteroatoms. The normalized spacial score (nSPS) is 11.5. The van der Waals surface area contributed by atoms with E-state index in [1.165, 1.54) is 0 Å². The number of H-pyrrole nitrogens is 1. The smallest absolute Gasteiger partial charge is 0.255 e. The van der Waals surface area contributed by atoms with Crippen molar-refractivity contribution in [2.24, 2.45) is 0 Å². The van der Waals surface area contributed by atoms with Gasteiger partial charge >= 0.3 is 0 Å². The van der Waals surface area contributed by atoms with Gasteiger partial charge in [0.1, 0.15) is 18.2 Å². The van der Waals surface area contributed by atoms with Crippen LogP contribution < -0.4 is 10.1 Å². The molecule has 0 unspecified atom stereocenters. The Balaban J connectivity index is 1.53. The quantitative estimate of drug-likeness (QED) is 0.273. The number of hydrogen-bond acceptors (Lipinski definition) is 4. The van der Waals surface area contributed by atoms with Crippen molar-refractivity contribution in [2.75, 3.05) is 20.3 Å². The van der Waals surface area contributed by atoms with Gasteiger partial charge in [-0.2, -0.15) is 0 Å². The fourth-order valence-electron chi connectivity index (χ4n) is 3.40. The minimum atomic E-state index is -0.186. The van der Waals surface area contributed by atoms with Crippen LogP contribution in [0.2, 0.25) is 0 Å². The minimum Gasteiger partial charge on any atom is -0.489 e. The predicted molar refractivity (Wildman–Crippen MR) is 131 cm³/mol. The fourth-order valence-corrected chi connectivity index (χ4v) is 3.40. The summed E-state index contributed by atoms with van der Waals surface area (Å²) in [6.45, 7) is 1.62. The Kier molecular flexibility index (Phi) is 7.51. The van der Waals surface area contributed by atoms with E-state index in [4.69, 9.17) is 9.47 Å². The lowest BCUT2D eigenvalue weighted by molar-refractivity contribution is -0.115. The van der Waals surface area contributed by atoms with Crippen LogP contribution >= 0.6 is 0 Å². The maximum atomic E-state index is 13.0. The number of imidazole rings is 1. The molecule has 1 heterocycles. The second-order valence-electron chi connectivity index (χ2n) is 7.61. The zero-order chi connectivity index (χ0) is 22.9. The minimum absolute atomic E-state index is 0.186. The van der Waals surface area contributed by atoms with Crippen LogP contribution in [0, 0.1) is 0 Å². The summed E-state index contributed by atoms with van der Waals surface area (Å²) in [4.78, 5) is 20.9. The van der Waals surface area contributed by atoms with E-state index < -0.39 is 0 Å². The van der Waals surface area contributed by atoms with Crippen molar-refractivity contribution >= 4 is 28.6 Å². The Bertz CT molecular complexity index is 1180. The summed E-state index contributed by atoms with van der Waals surface area (Å²) in [6, 6.07) is 25.4. The van der Waals surface area contributed by atoms with Gasteiger partial charge in [0.05, 0.1) is 16.6 Å². The van der Waals surface area contributed by atoms with Crippen LogP contribution in [0.3, 0.4) is 0 Å². The number of rotatable bonds is 10. The van der Waals surface area contributed by atoms with Crippen LogP contribution in [0.4, 0.5) is 0 Å². The lowest BCUT2D eigenvalue weighted by atomic mass is 10.1. The van der Waals surface area contributed by atoms with Gasteiger partial charge < -0.3 is 19.8 Å². The molecular weight excluding hydrogens is 414 g/mol. The first-order chi connectivity index (χ1) is 16.2. The molecule has 4 aromatic rings. The summed E-state index contributed by atoms with van der Waals surface area (Å²) in [5.74, 6) is 1.12. The zero-order valence-corrected chi connectivity index (χ0v) is 18.6. The fraction of sp³-hybridized carbons (Fsp3) is 0.185. The van der Waals surface area contributed by atoms with Gasteiger partial charge in [0.25, 0.3) is 5.91 Å². The summed E-state index contributed by atoms with van der Waals surface area (Å²) in [7, 11) is 1.65. The molecule has 1 amide bonds. The van der Waals surface area contributed by atoms with Crippen molar-refractivity contribution in [2.45, 2.75) is 13.0 Å². The molecule has 0 bridgehead atoms. The van der Waals surface area contributed by atoms with Gasteiger partial charge in [-0.3, -0.25) is 4.79 Å². The molecule has 6 nitrogen and oxygen atoms in total. The number of para-hydroxylation sites is 2. The van der Waals surface area contributed by atoms with Crippen LogP contribution in [-0.4, -0.2) is 36.1 Å². The number of fused-ring (bicyclic) bond motifs is 1. The van der Waals surface area contributed by atoms with Gasteiger partial charge in [0.15, 0.2) is 0 Å². The highest BCUT2D eigenvalue weighted by atomic mass is 16.5. The number of aromatic nitrogens is 2. The molecule has 168 valence electrons. The number of benzene rings is 3. The molecule has 0 saturated heterocycles. The highest BCUT2D eigenvalue weighted by Crippen LogP contribution is 2.22. The van der Waals surface area contributed by atoms with Crippen LogP contribution in [0.1, 0.15) is 23.4 Å². The monoisotopic (exact) mass is 441 g/mol. The molecule has 0 fully saturated rings. The molecule has 1 aromatic heterocycles. The highest BCUT2D eigenvalue weighted by molar-refractivity contribution is 6.23. The summed E-state index contributed by atoms with van der Waals surface area (Å²) in [5.41, 5.74) is 4.16.